The molecule has 2 aromatic carbocycles. The fourth-order valence-electron chi connectivity index (χ4n) is 2.44. The quantitative estimate of drug-likeness (QED) is 0.638. The average molecular weight is 383 g/mol. The van der Waals surface area contributed by atoms with E-state index < -0.39 is 0 Å². The van der Waals surface area contributed by atoms with Crippen molar-refractivity contribution >= 4 is 34.7 Å². The molecule has 1 heterocycles. The van der Waals surface area contributed by atoms with Crippen molar-refractivity contribution in [3.63, 3.8) is 0 Å². The number of nitrogens with one attached hydrogen (secondary N) is 2. The van der Waals surface area contributed by atoms with Gasteiger partial charge in [0, 0.05) is 10.7 Å². The zero-order valence-corrected chi connectivity index (χ0v) is 15.7. The van der Waals surface area contributed by atoms with Crippen LogP contribution in [0.1, 0.15) is 23.0 Å². The number of hydrogen-bond donors (Lipinski definition) is 2. The van der Waals surface area contributed by atoms with Crippen LogP contribution in [0.25, 0.3) is 0 Å². The number of ether oxygens (including phenoxy) is 1. The fraction of sp³-hybridized carbons (Fsp3) is 0.150. The largest absolute Gasteiger partial charge is 0.492 e. The van der Waals surface area contributed by atoms with Crippen molar-refractivity contribution < 1.29 is 9.53 Å². The molecule has 138 valence electrons. The smallest absolute Gasteiger partial charge is 0.276 e. The molecule has 0 unspecified atom stereocenters. The Kier molecular flexibility index (Phi) is 5.88. The molecule has 3 rings (SSSR count). The van der Waals surface area contributed by atoms with E-state index in [0.717, 1.165) is 17.0 Å². The number of nitrogens with zero attached hydrogens (tertiary/aromatic N) is 2. The maximum atomic E-state index is 12.4. The summed E-state index contributed by atoms with van der Waals surface area (Å²) in [7, 11) is 0. The van der Waals surface area contributed by atoms with E-state index in [0.29, 0.717) is 23.1 Å². The number of anilines is 3. The van der Waals surface area contributed by atoms with Crippen LogP contribution >= 0.6 is 11.6 Å². The Hall–Kier alpha value is -3.12. The van der Waals surface area contributed by atoms with Gasteiger partial charge in [0.1, 0.15) is 5.75 Å². The first-order chi connectivity index (χ1) is 13.1. The normalized spacial score (nSPS) is 10.3. The summed E-state index contributed by atoms with van der Waals surface area (Å²) >= 11 is 6.08. The van der Waals surface area contributed by atoms with Crippen LogP contribution in [-0.2, 0) is 0 Å². The number of carbonyl (C=O) groups excluding carboxylic acids is 1. The lowest BCUT2D eigenvalue weighted by molar-refractivity contribution is 0.102. The third-order valence-electron chi connectivity index (χ3n) is 3.86. The molecule has 1 aromatic heterocycles. The molecule has 0 bridgehead atoms. The summed E-state index contributed by atoms with van der Waals surface area (Å²) in [6.45, 7) is 4.32. The van der Waals surface area contributed by atoms with Crippen molar-refractivity contribution in [3.05, 3.63) is 70.9 Å². The predicted octanol–water partition coefficient (Wildman–Crippen LogP) is 4.83. The first kappa shape index (κ1) is 18.7. The summed E-state index contributed by atoms with van der Waals surface area (Å²) in [5.74, 6) is 0.881. The fourth-order valence-corrected chi connectivity index (χ4v) is 2.61. The van der Waals surface area contributed by atoms with Crippen LogP contribution in [0, 0.1) is 6.92 Å². The molecular weight excluding hydrogens is 364 g/mol. The molecule has 0 radical (unpaired) electrons. The van der Waals surface area contributed by atoms with Crippen molar-refractivity contribution in [1.29, 1.82) is 0 Å². The highest BCUT2D eigenvalue weighted by Crippen LogP contribution is 2.26. The molecule has 27 heavy (non-hydrogen) atoms. The van der Waals surface area contributed by atoms with Gasteiger partial charge in [-0.15, -0.1) is 10.2 Å². The van der Waals surface area contributed by atoms with Gasteiger partial charge in [-0.05, 0) is 55.8 Å². The molecule has 0 aliphatic carbocycles. The number of aromatic nitrogens is 2. The van der Waals surface area contributed by atoms with Gasteiger partial charge in [-0.3, -0.25) is 4.79 Å². The summed E-state index contributed by atoms with van der Waals surface area (Å²) < 4.78 is 5.57. The van der Waals surface area contributed by atoms with Crippen LogP contribution in [0.2, 0.25) is 5.02 Å². The van der Waals surface area contributed by atoms with Crippen LogP contribution < -0.4 is 15.4 Å². The molecular formula is C20H19ClN4O2. The molecule has 0 saturated carbocycles. The van der Waals surface area contributed by atoms with Crippen LogP contribution in [-0.4, -0.2) is 22.7 Å². The van der Waals surface area contributed by atoms with Crippen molar-refractivity contribution in [2.75, 3.05) is 17.2 Å². The molecule has 3 aromatic rings. The minimum absolute atomic E-state index is 0.206. The van der Waals surface area contributed by atoms with Gasteiger partial charge in [-0.1, -0.05) is 29.8 Å². The van der Waals surface area contributed by atoms with Crippen molar-refractivity contribution in [2.45, 2.75) is 13.8 Å². The molecule has 0 atom stereocenters. The lowest BCUT2D eigenvalue weighted by atomic mass is 10.2. The third kappa shape index (κ3) is 4.54. The molecule has 0 spiro atoms. The summed E-state index contributed by atoms with van der Waals surface area (Å²) in [6, 6.07) is 16.2. The monoisotopic (exact) mass is 382 g/mol. The predicted molar refractivity (Wildman–Crippen MR) is 107 cm³/mol. The van der Waals surface area contributed by atoms with Gasteiger partial charge in [-0.2, -0.15) is 0 Å². The molecule has 0 saturated heterocycles. The number of benzene rings is 2. The highest BCUT2D eigenvalue weighted by Gasteiger charge is 2.12. The zero-order chi connectivity index (χ0) is 19.2. The van der Waals surface area contributed by atoms with Gasteiger partial charge in [0.05, 0.1) is 12.3 Å². The third-order valence-corrected chi connectivity index (χ3v) is 4.27. The number of amides is 1. The number of carbonyl (C=O) groups is 1. The molecule has 7 heteroatoms. The lowest BCUT2D eigenvalue weighted by Crippen LogP contribution is -2.15. The maximum Gasteiger partial charge on any atom is 0.276 e. The molecule has 0 fully saturated rings. The van der Waals surface area contributed by atoms with Crippen LogP contribution in [0.15, 0.2) is 54.6 Å². The number of hydrogen-bond acceptors (Lipinski definition) is 5. The van der Waals surface area contributed by atoms with E-state index in [1.807, 2.05) is 38.1 Å². The minimum atomic E-state index is -0.353. The molecule has 2 N–H and O–H groups in total. The Morgan fingerprint density at radius 3 is 2.56 bits per heavy atom. The Morgan fingerprint density at radius 2 is 1.81 bits per heavy atom. The van der Waals surface area contributed by atoms with Crippen molar-refractivity contribution in [1.82, 2.24) is 10.2 Å². The van der Waals surface area contributed by atoms with Gasteiger partial charge < -0.3 is 15.4 Å². The van der Waals surface area contributed by atoms with E-state index in [1.54, 1.807) is 30.3 Å². The van der Waals surface area contributed by atoms with Crippen LogP contribution in [0.4, 0.5) is 17.2 Å². The number of halogens is 1. The highest BCUT2D eigenvalue weighted by atomic mass is 35.5. The van der Waals surface area contributed by atoms with Gasteiger partial charge in [0.25, 0.3) is 5.91 Å². The van der Waals surface area contributed by atoms with E-state index >= 15 is 0 Å². The van der Waals surface area contributed by atoms with Crippen LogP contribution in [0.5, 0.6) is 5.75 Å². The average Bonchev–Trinajstić information content (AvgIpc) is 2.68. The topological polar surface area (TPSA) is 76.1 Å². The second kappa shape index (κ2) is 8.51. The Labute approximate surface area is 162 Å². The summed E-state index contributed by atoms with van der Waals surface area (Å²) in [5.41, 5.74) is 2.42. The molecule has 0 aliphatic rings. The Bertz CT molecular complexity index is 945. The van der Waals surface area contributed by atoms with Gasteiger partial charge in [0.2, 0.25) is 0 Å². The second-order valence-corrected chi connectivity index (χ2v) is 6.13. The number of para-hydroxylation sites is 2. The van der Waals surface area contributed by atoms with E-state index in [4.69, 9.17) is 16.3 Å². The summed E-state index contributed by atoms with van der Waals surface area (Å²) in [4.78, 5) is 12.4. The second-order valence-electron chi connectivity index (χ2n) is 5.72. The lowest BCUT2D eigenvalue weighted by Gasteiger charge is -2.11. The molecule has 6 nitrogen and oxygen atoms in total. The molecule has 0 aliphatic heterocycles. The van der Waals surface area contributed by atoms with E-state index in [2.05, 4.69) is 20.8 Å². The first-order valence-electron chi connectivity index (χ1n) is 8.47. The number of rotatable bonds is 6. The van der Waals surface area contributed by atoms with Crippen LogP contribution in [0.3, 0.4) is 0 Å². The summed E-state index contributed by atoms with van der Waals surface area (Å²) in [5, 5.41) is 14.6. The van der Waals surface area contributed by atoms with Gasteiger partial charge in [0.15, 0.2) is 11.5 Å². The Morgan fingerprint density at radius 1 is 1.04 bits per heavy atom. The maximum absolute atomic E-state index is 12.4. The van der Waals surface area contributed by atoms with E-state index in [1.165, 1.54) is 0 Å². The zero-order valence-electron chi connectivity index (χ0n) is 15.0. The van der Waals surface area contributed by atoms with Gasteiger partial charge >= 0.3 is 0 Å². The van der Waals surface area contributed by atoms with E-state index in [-0.39, 0.29) is 11.6 Å². The summed E-state index contributed by atoms with van der Waals surface area (Å²) in [6.07, 6.45) is 0. The minimum Gasteiger partial charge on any atom is -0.492 e. The standard InChI is InChI=1S/C20H19ClN4O2/c1-3-27-18-10-5-4-8-16(18)22-19-12-11-17(24-25-19)20(26)23-15-9-6-7-14(21)13(15)2/h4-12H,3H2,1-2H3,(H,22,25)(H,23,26). The first-order valence-corrected chi connectivity index (χ1v) is 8.85. The van der Waals surface area contributed by atoms with Crippen molar-refractivity contribution in [2.24, 2.45) is 0 Å². The van der Waals surface area contributed by atoms with Gasteiger partial charge in [-0.25, -0.2) is 0 Å². The van der Waals surface area contributed by atoms with Crippen molar-refractivity contribution in [3.8, 4) is 5.75 Å². The SMILES string of the molecule is CCOc1ccccc1Nc1ccc(C(=O)Nc2cccc(Cl)c2C)nn1. The Balaban J connectivity index is 1.72. The highest BCUT2D eigenvalue weighted by molar-refractivity contribution is 6.31. The van der Waals surface area contributed by atoms with E-state index in [9.17, 15) is 4.79 Å². The molecule has 1 amide bonds.